The van der Waals surface area contributed by atoms with Crippen LogP contribution in [-0.2, 0) is 22.9 Å². The summed E-state index contributed by atoms with van der Waals surface area (Å²) in [5.74, 6) is 0. The van der Waals surface area contributed by atoms with E-state index in [2.05, 4.69) is 9.71 Å². The maximum atomic E-state index is 12.4. The number of aromatic nitrogens is 1. The minimum absolute atomic E-state index is 0.328. The highest BCUT2D eigenvalue weighted by Crippen LogP contribution is 2.26. The molecule has 20 heavy (non-hydrogen) atoms. The third kappa shape index (κ3) is 2.41. The molecule has 0 saturated carbocycles. The zero-order valence-electron chi connectivity index (χ0n) is 11.3. The molecule has 1 aliphatic carbocycles. The molecule has 4 nitrogen and oxygen atoms in total. The Morgan fingerprint density at radius 3 is 2.75 bits per heavy atom. The fraction of sp³-hybridized carbons (Fsp3) is 0.267. The minimum Gasteiger partial charge on any atom is -0.279 e. The van der Waals surface area contributed by atoms with Gasteiger partial charge in [-0.15, -0.1) is 0 Å². The van der Waals surface area contributed by atoms with E-state index in [1.165, 1.54) is 5.56 Å². The van der Waals surface area contributed by atoms with Crippen molar-refractivity contribution >= 4 is 15.7 Å². The van der Waals surface area contributed by atoms with Crippen LogP contribution in [0, 0.1) is 6.92 Å². The second kappa shape index (κ2) is 4.90. The number of nitrogens with zero attached hydrogens (tertiary/aromatic N) is 1. The molecule has 1 N–H and O–H groups in total. The van der Waals surface area contributed by atoms with Gasteiger partial charge < -0.3 is 0 Å². The van der Waals surface area contributed by atoms with Crippen LogP contribution in [0.25, 0.3) is 0 Å². The first-order valence-corrected chi connectivity index (χ1v) is 8.10. The number of sulfonamides is 1. The zero-order valence-corrected chi connectivity index (χ0v) is 12.1. The van der Waals surface area contributed by atoms with Crippen molar-refractivity contribution in [2.75, 3.05) is 4.72 Å². The van der Waals surface area contributed by atoms with Gasteiger partial charge in [0.15, 0.2) is 0 Å². The van der Waals surface area contributed by atoms with Crippen molar-refractivity contribution in [3.63, 3.8) is 0 Å². The standard InChI is InChI=1S/C15H16N2O2S/c1-11-10-16-8-7-15(11)17-20(18,19)14-6-5-12-3-2-4-13(12)9-14/h5-10H,2-4H2,1H3,(H,16,17). The summed E-state index contributed by atoms with van der Waals surface area (Å²) in [6.45, 7) is 1.83. The summed E-state index contributed by atoms with van der Waals surface area (Å²) >= 11 is 0. The minimum atomic E-state index is -3.54. The Balaban J connectivity index is 1.94. The lowest BCUT2D eigenvalue weighted by Crippen LogP contribution is -2.14. The summed E-state index contributed by atoms with van der Waals surface area (Å²) in [6, 6.07) is 7.07. The van der Waals surface area contributed by atoms with Gasteiger partial charge >= 0.3 is 0 Å². The average Bonchev–Trinajstić information content (AvgIpc) is 2.88. The van der Waals surface area contributed by atoms with E-state index in [0.29, 0.717) is 10.6 Å². The molecule has 0 saturated heterocycles. The molecule has 0 spiro atoms. The first kappa shape index (κ1) is 13.1. The molecule has 0 unspecified atom stereocenters. The number of hydrogen-bond acceptors (Lipinski definition) is 3. The Morgan fingerprint density at radius 2 is 1.95 bits per heavy atom. The molecule has 2 aromatic rings. The lowest BCUT2D eigenvalue weighted by atomic mass is 10.1. The molecule has 3 rings (SSSR count). The van der Waals surface area contributed by atoms with Gasteiger partial charge in [0.05, 0.1) is 10.6 Å². The van der Waals surface area contributed by atoms with Crippen LogP contribution in [0.15, 0.2) is 41.6 Å². The van der Waals surface area contributed by atoms with Crippen molar-refractivity contribution in [2.45, 2.75) is 31.1 Å². The van der Waals surface area contributed by atoms with Crippen molar-refractivity contribution in [1.82, 2.24) is 4.98 Å². The van der Waals surface area contributed by atoms with Crippen molar-refractivity contribution in [1.29, 1.82) is 0 Å². The van der Waals surface area contributed by atoms with E-state index in [0.717, 1.165) is 30.4 Å². The molecule has 0 radical (unpaired) electrons. The van der Waals surface area contributed by atoms with Crippen LogP contribution in [0.3, 0.4) is 0 Å². The number of benzene rings is 1. The Kier molecular flexibility index (Phi) is 3.22. The fourth-order valence-electron chi connectivity index (χ4n) is 2.51. The molecular weight excluding hydrogens is 272 g/mol. The summed E-state index contributed by atoms with van der Waals surface area (Å²) in [6.07, 6.45) is 6.34. The van der Waals surface area contributed by atoms with Crippen LogP contribution in [-0.4, -0.2) is 13.4 Å². The predicted octanol–water partition coefficient (Wildman–Crippen LogP) is 2.68. The summed E-state index contributed by atoms with van der Waals surface area (Å²) in [4.78, 5) is 4.29. The monoisotopic (exact) mass is 288 g/mol. The molecule has 104 valence electrons. The van der Waals surface area contributed by atoms with Crippen LogP contribution in [0.4, 0.5) is 5.69 Å². The Labute approximate surface area is 118 Å². The summed E-state index contributed by atoms with van der Waals surface area (Å²) < 4.78 is 27.5. The molecule has 0 fully saturated rings. The molecular formula is C15H16N2O2S. The third-order valence-electron chi connectivity index (χ3n) is 3.64. The van der Waals surface area contributed by atoms with E-state index in [4.69, 9.17) is 0 Å². The van der Waals surface area contributed by atoms with Crippen LogP contribution in [0.1, 0.15) is 23.1 Å². The highest BCUT2D eigenvalue weighted by molar-refractivity contribution is 7.92. The Hall–Kier alpha value is -1.88. The normalized spacial score (nSPS) is 14.1. The van der Waals surface area contributed by atoms with Crippen LogP contribution in [0.5, 0.6) is 0 Å². The van der Waals surface area contributed by atoms with Crippen molar-refractivity contribution < 1.29 is 8.42 Å². The predicted molar refractivity (Wildman–Crippen MR) is 78.2 cm³/mol. The first-order valence-electron chi connectivity index (χ1n) is 6.61. The van der Waals surface area contributed by atoms with Gasteiger partial charge in [-0.25, -0.2) is 8.42 Å². The zero-order chi connectivity index (χ0) is 14.2. The van der Waals surface area contributed by atoms with E-state index < -0.39 is 10.0 Å². The smallest absolute Gasteiger partial charge is 0.261 e. The molecule has 0 atom stereocenters. The topological polar surface area (TPSA) is 59.1 Å². The summed E-state index contributed by atoms with van der Waals surface area (Å²) in [7, 11) is -3.54. The van der Waals surface area contributed by atoms with Gasteiger partial charge in [0.2, 0.25) is 0 Å². The van der Waals surface area contributed by atoms with Crippen molar-refractivity contribution in [3.8, 4) is 0 Å². The van der Waals surface area contributed by atoms with Crippen molar-refractivity contribution in [2.24, 2.45) is 0 Å². The largest absolute Gasteiger partial charge is 0.279 e. The lowest BCUT2D eigenvalue weighted by Gasteiger charge is -2.11. The fourth-order valence-corrected chi connectivity index (χ4v) is 3.69. The molecule has 1 aromatic carbocycles. The average molecular weight is 288 g/mol. The van der Waals surface area contributed by atoms with Crippen molar-refractivity contribution in [3.05, 3.63) is 53.3 Å². The number of hydrogen-bond donors (Lipinski definition) is 1. The number of fused-ring (bicyclic) bond motifs is 1. The number of aryl methyl sites for hydroxylation is 3. The van der Waals surface area contributed by atoms with E-state index >= 15 is 0 Å². The van der Waals surface area contributed by atoms with Gasteiger partial charge in [-0.3, -0.25) is 9.71 Å². The molecule has 0 amide bonds. The van der Waals surface area contributed by atoms with Gasteiger partial charge in [0.1, 0.15) is 0 Å². The van der Waals surface area contributed by atoms with Crippen LogP contribution in [0.2, 0.25) is 0 Å². The van der Waals surface area contributed by atoms with Gasteiger partial charge in [0.25, 0.3) is 10.0 Å². The first-order chi connectivity index (χ1) is 9.56. The molecule has 0 bridgehead atoms. The van der Waals surface area contributed by atoms with Gasteiger partial charge in [-0.05, 0) is 61.1 Å². The summed E-state index contributed by atoms with van der Waals surface area (Å²) in [5.41, 5.74) is 3.79. The third-order valence-corrected chi connectivity index (χ3v) is 5.01. The number of rotatable bonds is 3. The molecule has 1 aromatic heterocycles. The Morgan fingerprint density at radius 1 is 1.15 bits per heavy atom. The maximum absolute atomic E-state index is 12.4. The maximum Gasteiger partial charge on any atom is 0.261 e. The number of pyridine rings is 1. The molecule has 1 heterocycles. The highest BCUT2D eigenvalue weighted by atomic mass is 32.2. The van der Waals surface area contributed by atoms with Crippen LogP contribution < -0.4 is 4.72 Å². The van der Waals surface area contributed by atoms with E-state index in [-0.39, 0.29) is 0 Å². The number of anilines is 1. The SMILES string of the molecule is Cc1cnccc1NS(=O)(=O)c1ccc2c(c1)CCC2. The van der Waals surface area contributed by atoms with E-state index in [1.807, 2.05) is 13.0 Å². The van der Waals surface area contributed by atoms with Gasteiger partial charge in [0, 0.05) is 12.4 Å². The highest BCUT2D eigenvalue weighted by Gasteiger charge is 2.19. The van der Waals surface area contributed by atoms with E-state index in [1.54, 1.807) is 30.6 Å². The van der Waals surface area contributed by atoms with E-state index in [9.17, 15) is 8.42 Å². The van der Waals surface area contributed by atoms with Crippen LogP contribution >= 0.6 is 0 Å². The molecule has 1 aliphatic rings. The Bertz CT molecular complexity index is 754. The lowest BCUT2D eigenvalue weighted by molar-refractivity contribution is 0.601. The molecule has 5 heteroatoms. The number of nitrogens with one attached hydrogen (secondary N) is 1. The quantitative estimate of drug-likeness (QED) is 0.944. The van der Waals surface area contributed by atoms with Gasteiger partial charge in [-0.1, -0.05) is 6.07 Å². The second-order valence-corrected chi connectivity index (χ2v) is 6.76. The van der Waals surface area contributed by atoms with Gasteiger partial charge in [-0.2, -0.15) is 0 Å². The molecule has 0 aliphatic heterocycles. The second-order valence-electron chi connectivity index (χ2n) is 5.08. The summed E-state index contributed by atoms with van der Waals surface area (Å²) in [5, 5.41) is 0.